The summed E-state index contributed by atoms with van der Waals surface area (Å²) in [4.78, 5) is 0. The third kappa shape index (κ3) is 1.78. The molecule has 0 amide bonds. The van der Waals surface area contributed by atoms with Gasteiger partial charge in [-0.2, -0.15) is 0 Å². The van der Waals surface area contributed by atoms with Gasteiger partial charge in [0.2, 0.25) is 0 Å². The number of halogens is 2. The summed E-state index contributed by atoms with van der Waals surface area (Å²) >= 11 is 0. The molecule has 3 rings (SSSR count). The van der Waals surface area contributed by atoms with Crippen LogP contribution in [0.3, 0.4) is 0 Å². The number of rotatable bonds is 3. The molecule has 1 aliphatic carbocycles. The standard InChI is InChI=1S/C12H12F2N4/c13-7-1-4-9(10(14)5-7)12-17-16-11(6-15)18(12)8-2-3-8/h1,4-5,8H,2-3,6,15H2. The van der Waals surface area contributed by atoms with E-state index in [1.807, 2.05) is 4.57 Å². The minimum atomic E-state index is -0.632. The van der Waals surface area contributed by atoms with E-state index in [0.29, 0.717) is 11.6 Å². The Labute approximate surface area is 102 Å². The normalized spacial score (nSPS) is 15.1. The Balaban J connectivity index is 2.13. The van der Waals surface area contributed by atoms with E-state index in [0.717, 1.165) is 18.9 Å². The summed E-state index contributed by atoms with van der Waals surface area (Å²) < 4.78 is 28.5. The van der Waals surface area contributed by atoms with Gasteiger partial charge in [-0.05, 0) is 25.0 Å². The van der Waals surface area contributed by atoms with Gasteiger partial charge in [0.15, 0.2) is 5.82 Å². The molecule has 0 aliphatic heterocycles. The van der Waals surface area contributed by atoms with E-state index in [1.54, 1.807) is 0 Å². The predicted octanol–water partition coefficient (Wildman–Crippen LogP) is 2.02. The Morgan fingerprint density at radius 2 is 2.06 bits per heavy atom. The summed E-state index contributed by atoms with van der Waals surface area (Å²) in [5.74, 6) is -0.174. The lowest BCUT2D eigenvalue weighted by molar-refractivity contribution is 0.583. The molecule has 4 nitrogen and oxygen atoms in total. The fraction of sp³-hybridized carbons (Fsp3) is 0.333. The minimum absolute atomic E-state index is 0.256. The van der Waals surface area contributed by atoms with Gasteiger partial charge in [-0.15, -0.1) is 10.2 Å². The lowest BCUT2D eigenvalue weighted by Gasteiger charge is -2.08. The van der Waals surface area contributed by atoms with Gasteiger partial charge in [0.05, 0.1) is 12.1 Å². The summed E-state index contributed by atoms with van der Waals surface area (Å²) in [7, 11) is 0. The summed E-state index contributed by atoms with van der Waals surface area (Å²) in [5.41, 5.74) is 5.85. The van der Waals surface area contributed by atoms with Crippen LogP contribution in [-0.4, -0.2) is 14.8 Å². The lowest BCUT2D eigenvalue weighted by Crippen LogP contribution is -2.08. The molecule has 2 N–H and O–H groups in total. The van der Waals surface area contributed by atoms with E-state index < -0.39 is 11.6 Å². The van der Waals surface area contributed by atoms with Crippen LogP contribution < -0.4 is 5.73 Å². The SMILES string of the molecule is NCc1nnc(-c2ccc(F)cc2F)n1C1CC1. The minimum Gasteiger partial charge on any atom is -0.324 e. The molecular formula is C12H12F2N4. The quantitative estimate of drug-likeness (QED) is 0.906. The number of nitrogens with two attached hydrogens (primary N) is 1. The summed E-state index contributed by atoms with van der Waals surface area (Å²) in [6.45, 7) is 0.256. The second-order valence-corrected chi connectivity index (χ2v) is 4.37. The number of hydrogen-bond donors (Lipinski definition) is 1. The highest BCUT2D eigenvalue weighted by Gasteiger charge is 2.30. The van der Waals surface area contributed by atoms with Gasteiger partial charge in [0, 0.05) is 12.1 Å². The zero-order chi connectivity index (χ0) is 12.7. The van der Waals surface area contributed by atoms with Crippen LogP contribution in [0.25, 0.3) is 11.4 Å². The molecule has 18 heavy (non-hydrogen) atoms. The average Bonchev–Trinajstić information content (AvgIpc) is 3.09. The fourth-order valence-corrected chi connectivity index (χ4v) is 2.03. The van der Waals surface area contributed by atoms with Crippen LogP contribution in [-0.2, 0) is 6.54 Å². The Bertz CT molecular complexity index is 590. The Morgan fingerprint density at radius 3 is 2.67 bits per heavy atom. The highest BCUT2D eigenvalue weighted by atomic mass is 19.1. The number of benzene rings is 1. The first-order chi connectivity index (χ1) is 8.70. The van der Waals surface area contributed by atoms with Crippen molar-refractivity contribution in [2.24, 2.45) is 5.73 Å². The molecule has 0 radical (unpaired) electrons. The van der Waals surface area contributed by atoms with Crippen LogP contribution in [0.5, 0.6) is 0 Å². The molecule has 0 saturated heterocycles. The van der Waals surface area contributed by atoms with Crippen molar-refractivity contribution in [2.75, 3.05) is 0 Å². The molecule has 1 fully saturated rings. The van der Waals surface area contributed by atoms with Gasteiger partial charge in [-0.1, -0.05) is 0 Å². The van der Waals surface area contributed by atoms with Crippen molar-refractivity contribution in [2.45, 2.75) is 25.4 Å². The van der Waals surface area contributed by atoms with Crippen molar-refractivity contribution in [3.63, 3.8) is 0 Å². The molecule has 94 valence electrons. The molecule has 0 bridgehead atoms. The van der Waals surface area contributed by atoms with Crippen LogP contribution in [0.15, 0.2) is 18.2 Å². The van der Waals surface area contributed by atoms with Crippen molar-refractivity contribution in [1.82, 2.24) is 14.8 Å². The molecule has 0 atom stereocenters. The highest BCUT2D eigenvalue weighted by Crippen LogP contribution is 2.39. The zero-order valence-electron chi connectivity index (χ0n) is 9.61. The van der Waals surface area contributed by atoms with Crippen molar-refractivity contribution < 1.29 is 8.78 Å². The molecule has 1 heterocycles. The van der Waals surface area contributed by atoms with Crippen LogP contribution >= 0.6 is 0 Å². The number of hydrogen-bond acceptors (Lipinski definition) is 3. The molecule has 0 unspecified atom stereocenters. The Morgan fingerprint density at radius 1 is 1.28 bits per heavy atom. The second kappa shape index (κ2) is 4.13. The van der Waals surface area contributed by atoms with Gasteiger partial charge in [-0.3, -0.25) is 0 Å². The summed E-state index contributed by atoms with van der Waals surface area (Å²) in [6, 6.07) is 3.74. The lowest BCUT2D eigenvalue weighted by atomic mass is 10.2. The maximum atomic E-state index is 13.8. The second-order valence-electron chi connectivity index (χ2n) is 4.37. The monoisotopic (exact) mass is 250 g/mol. The van der Waals surface area contributed by atoms with Gasteiger partial charge >= 0.3 is 0 Å². The van der Waals surface area contributed by atoms with E-state index in [9.17, 15) is 8.78 Å². The fourth-order valence-electron chi connectivity index (χ4n) is 2.03. The summed E-state index contributed by atoms with van der Waals surface area (Å²) in [5, 5.41) is 7.94. The third-order valence-corrected chi connectivity index (χ3v) is 3.03. The van der Waals surface area contributed by atoms with Crippen LogP contribution in [0.2, 0.25) is 0 Å². The molecule has 1 aromatic heterocycles. The molecule has 1 aliphatic rings. The van der Waals surface area contributed by atoms with Crippen LogP contribution in [0.1, 0.15) is 24.7 Å². The number of aromatic nitrogens is 3. The largest absolute Gasteiger partial charge is 0.324 e. The first-order valence-corrected chi connectivity index (χ1v) is 5.80. The van der Waals surface area contributed by atoms with Crippen molar-refractivity contribution in [3.05, 3.63) is 35.7 Å². The van der Waals surface area contributed by atoms with Crippen molar-refractivity contribution in [1.29, 1.82) is 0 Å². The molecular weight excluding hydrogens is 238 g/mol. The van der Waals surface area contributed by atoms with E-state index in [2.05, 4.69) is 10.2 Å². The van der Waals surface area contributed by atoms with Crippen molar-refractivity contribution >= 4 is 0 Å². The smallest absolute Gasteiger partial charge is 0.167 e. The van der Waals surface area contributed by atoms with Crippen LogP contribution in [0, 0.1) is 11.6 Å². The van der Waals surface area contributed by atoms with Gasteiger partial charge < -0.3 is 10.3 Å². The van der Waals surface area contributed by atoms with E-state index in [-0.39, 0.29) is 18.2 Å². The number of nitrogens with zero attached hydrogens (tertiary/aromatic N) is 3. The van der Waals surface area contributed by atoms with Gasteiger partial charge in [0.25, 0.3) is 0 Å². The first kappa shape index (κ1) is 11.3. The predicted molar refractivity (Wildman–Crippen MR) is 61.5 cm³/mol. The van der Waals surface area contributed by atoms with E-state index >= 15 is 0 Å². The topological polar surface area (TPSA) is 56.7 Å². The van der Waals surface area contributed by atoms with E-state index in [1.165, 1.54) is 12.1 Å². The Hall–Kier alpha value is -1.82. The molecule has 6 heteroatoms. The van der Waals surface area contributed by atoms with E-state index in [4.69, 9.17) is 5.73 Å². The maximum Gasteiger partial charge on any atom is 0.167 e. The van der Waals surface area contributed by atoms with Crippen molar-refractivity contribution in [3.8, 4) is 11.4 Å². The highest BCUT2D eigenvalue weighted by molar-refractivity contribution is 5.56. The van der Waals surface area contributed by atoms with Gasteiger partial charge in [0.1, 0.15) is 17.5 Å². The van der Waals surface area contributed by atoms with Crippen LogP contribution in [0.4, 0.5) is 8.78 Å². The first-order valence-electron chi connectivity index (χ1n) is 5.80. The van der Waals surface area contributed by atoms with Gasteiger partial charge in [-0.25, -0.2) is 8.78 Å². The average molecular weight is 250 g/mol. The zero-order valence-corrected chi connectivity index (χ0v) is 9.61. The molecule has 1 aromatic carbocycles. The maximum absolute atomic E-state index is 13.8. The Kier molecular flexibility index (Phi) is 2.59. The summed E-state index contributed by atoms with van der Waals surface area (Å²) in [6.07, 6.45) is 2.03. The molecule has 1 saturated carbocycles. The molecule has 2 aromatic rings. The third-order valence-electron chi connectivity index (χ3n) is 3.03. The molecule has 0 spiro atoms.